The molecule has 0 radical (unpaired) electrons. The van der Waals surface area contributed by atoms with Crippen LogP contribution in [0.4, 0.5) is 0 Å². The maximum Gasteiger partial charge on any atom is 0.122 e. The standard InChI is InChI=1S/C16H24N2O/c1-2-15-10-14(3-4-16(15)19-9-1)12-18-8-6-13-5-7-17-11-13/h3-4,10,13,17-18H,1-2,5-9,11-12H2. The average Bonchev–Trinajstić information content (AvgIpc) is 2.97. The molecule has 1 unspecified atom stereocenters. The monoisotopic (exact) mass is 260 g/mol. The molecule has 1 aromatic carbocycles. The highest BCUT2D eigenvalue weighted by Crippen LogP contribution is 2.25. The molecular weight excluding hydrogens is 236 g/mol. The van der Waals surface area contributed by atoms with Crippen molar-refractivity contribution in [2.75, 3.05) is 26.2 Å². The fraction of sp³-hybridized carbons (Fsp3) is 0.625. The first kappa shape index (κ1) is 12.9. The van der Waals surface area contributed by atoms with Crippen molar-refractivity contribution in [2.45, 2.75) is 32.2 Å². The Bertz CT molecular complexity index is 413. The van der Waals surface area contributed by atoms with Crippen LogP contribution in [0.5, 0.6) is 5.75 Å². The number of ether oxygens (including phenoxy) is 1. The summed E-state index contributed by atoms with van der Waals surface area (Å²) in [6, 6.07) is 6.62. The molecule has 1 aromatic rings. The lowest BCUT2D eigenvalue weighted by molar-refractivity contribution is 0.288. The van der Waals surface area contributed by atoms with Crippen LogP contribution in [0.1, 0.15) is 30.4 Å². The molecule has 3 rings (SSSR count). The molecule has 2 heterocycles. The second-order valence-electron chi connectivity index (χ2n) is 5.72. The van der Waals surface area contributed by atoms with Gasteiger partial charge in [0.2, 0.25) is 0 Å². The predicted molar refractivity (Wildman–Crippen MR) is 77.6 cm³/mol. The number of hydrogen-bond acceptors (Lipinski definition) is 3. The fourth-order valence-corrected chi connectivity index (χ4v) is 3.02. The predicted octanol–water partition coefficient (Wildman–Crippen LogP) is 2.10. The minimum absolute atomic E-state index is 0.875. The summed E-state index contributed by atoms with van der Waals surface area (Å²) in [5.41, 5.74) is 2.76. The SMILES string of the molecule is c1cc2c(cc1CNCCC1CCNC1)CCCO2. The Labute approximate surface area is 115 Å². The molecule has 1 saturated heterocycles. The molecule has 0 aliphatic carbocycles. The molecule has 3 nitrogen and oxygen atoms in total. The largest absolute Gasteiger partial charge is 0.493 e. The lowest BCUT2D eigenvalue weighted by atomic mass is 10.0. The molecule has 0 saturated carbocycles. The Kier molecular flexibility index (Phi) is 4.36. The van der Waals surface area contributed by atoms with Gasteiger partial charge in [-0.15, -0.1) is 0 Å². The summed E-state index contributed by atoms with van der Waals surface area (Å²) in [4.78, 5) is 0. The summed E-state index contributed by atoms with van der Waals surface area (Å²) in [5.74, 6) is 1.97. The van der Waals surface area contributed by atoms with E-state index in [1.165, 1.54) is 37.1 Å². The van der Waals surface area contributed by atoms with Crippen LogP contribution in [-0.4, -0.2) is 26.2 Å². The van der Waals surface area contributed by atoms with Gasteiger partial charge < -0.3 is 15.4 Å². The van der Waals surface area contributed by atoms with E-state index in [4.69, 9.17) is 4.74 Å². The summed E-state index contributed by atoms with van der Waals surface area (Å²) in [6.45, 7) is 5.39. The molecule has 19 heavy (non-hydrogen) atoms. The van der Waals surface area contributed by atoms with Gasteiger partial charge in [-0.3, -0.25) is 0 Å². The van der Waals surface area contributed by atoms with Crippen molar-refractivity contribution in [3.8, 4) is 5.75 Å². The van der Waals surface area contributed by atoms with Crippen molar-refractivity contribution in [1.29, 1.82) is 0 Å². The first-order valence-electron chi connectivity index (χ1n) is 7.58. The van der Waals surface area contributed by atoms with E-state index in [0.29, 0.717) is 0 Å². The summed E-state index contributed by atoms with van der Waals surface area (Å²) >= 11 is 0. The van der Waals surface area contributed by atoms with Crippen molar-refractivity contribution < 1.29 is 4.74 Å². The normalized spacial score (nSPS) is 22.0. The van der Waals surface area contributed by atoms with Gasteiger partial charge in [-0.1, -0.05) is 12.1 Å². The number of rotatable bonds is 5. The van der Waals surface area contributed by atoms with Crippen LogP contribution in [0, 0.1) is 5.92 Å². The number of nitrogens with one attached hydrogen (secondary N) is 2. The van der Waals surface area contributed by atoms with Crippen LogP contribution < -0.4 is 15.4 Å². The molecule has 3 heteroatoms. The number of benzene rings is 1. The van der Waals surface area contributed by atoms with Crippen LogP contribution in [-0.2, 0) is 13.0 Å². The molecule has 1 atom stereocenters. The maximum absolute atomic E-state index is 5.64. The number of aryl methyl sites for hydroxylation is 1. The average molecular weight is 260 g/mol. The zero-order valence-corrected chi connectivity index (χ0v) is 11.6. The fourth-order valence-electron chi connectivity index (χ4n) is 3.02. The Morgan fingerprint density at radius 1 is 1.37 bits per heavy atom. The third kappa shape index (κ3) is 3.48. The Balaban J connectivity index is 1.44. The van der Waals surface area contributed by atoms with Crippen molar-refractivity contribution in [2.24, 2.45) is 5.92 Å². The highest BCUT2D eigenvalue weighted by Gasteiger charge is 2.13. The van der Waals surface area contributed by atoms with Crippen molar-refractivity contribution in [3.05, 3.63) is 29.3 Å². The molecule has 0 spiro atoms. The van der Waals surface area contributed by atoms with E-state index in [1.54, 1.807) is 0 Å². The van der Waals surface area contributed by atoms with E-state index >= 15 is 0 Å². The molecule has 1 fully saturated rings. The minimum atomic E-state index is 0.875. The Morgan fingerprint density at radius 3 is 3.26 bits per heavy atom. The quantitative estimate of drug-likeness (QED) is 0.796. The molecule has 0 aromatic heterocycles. The lowest BCUT2D eigenvalue weighted by Gasteiger charge is -2.18. The van der Waals surface area contributed by atoms with E-state index in [0.717, 1.165) is 44.2 Å². The van der Waals surface area contributed by atoms with Gasteiger partial charge in [-0.2, -0.15) is 0 Å². The summed E-state index contributed by atoms with van der Waals surface area (Å²) in [5, 5.41) is 6.99. The van der Waals surface area contributed by atoms with E-state index in [2.05, 4.69) is 28.8 Å². The zero-order valence-electron chi connectivity index (χ0n) is 11.6. The molecule has 2 aliphatic heterocycles. The number of fused-ring (bicyclic) bond motifs is 1. The number of hydrogen-bond donors (Lipinski definition) is 2. The van der Waals surface area contributed by atoms with Crippen molar-refractivity contribution in [1.82, 2.24) is 10.6 Å². The highest BCUT2D eigenvalue weighted by atomic mass is 16.5. The van der Waals surface area contributed by atoms with Gasteiger partial charge in [0.05, 0.1) is 6.61 Å². The lowest BCUT2D eigenvalue weighted by Crippen LogP contribution is -2.19. The van der Waals surface area contributed by atoms with Gasteiger partial charge in [-0.05, 0) is 68.4 Å². The topological polar surface area (TPSA) is 33.3 Å². The van der Waals surface area contributed by atoms with E-state index in [1.807, 2.05) is 0 Å². The van der Waals surface area contributed by atoms with Gasteiger partial charge in [0.1, 0.15) is 5.75 Å². The Morgan fingerprint density at radius 2 is 2.37 bits per heavy atom. The van der Waals surface area contributed by atoms with Crippen LogP contribution in [0.25, 0.3) is 0 Å². The van der Waals surface area contributed by atoms with Crippen LogP contribution in [0.3, 0.4) is 0 Å². The van der Waals surface area contributed by atoms with E-state index in [-0.39, 0.29) is 0 Å². The second kappa shape index (κ2) is 6.40. The van der Waals surface area contributed by atoms with Gasteiger partial charge in [0, 0.05) is 6.54 Å². The van der Waals surface area contributed by atoms with Crippen molar-refractivity contribution >= 4 is 0 Å². The van der Waals surface area contributed by atoms with Crippen LogP contribution in [0.2, 0.25) is 0 Å². The highest BCUT2D eigenvalue weighted by molar-refractivity contribution is 5.38. The zero-order chi connectivity index (χ0) is 12.9. The first-order chi connectivity index (χ1) is 9.42. The summed E-state index contributed by atoms with van der Waals surface area (Å²) in [6.07, 6.45) is 4.95. The molecule has 2 aliphatic rings. The maximum atomic E-state index is 5.64. The molecule has 2 N–H and O–H groups in total. The summed E-state index contributed by atoms with van der Waals surface area (Å²) in [7, 11) is 0. The molecule has 0 bridgehead atoms. The molecular formula is C16H24N2O. The molecule has 104 valence electrons. The summed E-state index contributed by atoms with van der Waals surface area (Å²) < 4.78 is 5.64. The first-order valence-corrected chi connectivity index (χ1v) is 7.58. The van der Waals surface area contributed by atoms with E-state index < -0.39 is 0 Å². The third-order valence-corrected chi connectivity index (χ3v) is 4.19. The van der Waals surface area contributed by atoms with Gasteiger partial charge >= 0.3 is 0 Å². The smallest absolute Gasteiger partial charge is 0.122 e. The van der Waals surface area contributed by atoms with Crippen LogP contribution >= 0.6 is 0 Å². The van der Waals surface area contributed by atoms with Gasteiger partial charge in [-0.25, -0.2) is 0 Å². The Hall–Kier alpha value is -1.06. The van der Waals surface area contributed by atoms with Crippen molar-refractivity contribution in [3.63, 3.8) is 0 Å². The van der Waals surface area contributed by atoms with Gasteiger partial charge in [0.15, 0.2) is 0 Å². The minimum Gasteiger partial charge on any atom is -0.493 e. The van der Waals surface area contributed by atoms with E-state index in [9.17, 15) is 0 Å². The van der Waals surface area contributed by atoms with Crippen LogP contribution in [0.15, 0.2) is 18.2 Å². The third-order valence-electron chi connectivity index (χ3n) is 4.19. The molecule has 0 amide bonds. The second-order valence-corrected chi connectivity index (χ2v) is 5.72. The van der Waals surface area contributed by atoms with Gasteiger partial charge in [0.25, 0.3) is 0 Å².